The number of hydrogen-bond acceptors (Lipinski definition) is 6. The van der Waals surface area contributed by atoms with Gasteiger partial charge in [-0.1, -0.05) is 29.3 Å². The smallest absolute Gasteiger partial charge is 0.305 e. The average molecular weight is 440 g/mol. The Morgan fingerprint density at radius 3 is 2.62 bits per heavy atom. The van der Waals surface area contributed by atoms with E-state index in [0.717, 1.165) is 51.5 Å². The predicted octanol–water partition coefficient (Wildman–Crippen LogP) is 3.11. The molecule has 0 aliphatic carbocycles. The highest BCUT2D eigenvalue weighted by Crippen LogP contribution is 2.37. The first-order valence-corrected chi connectivity index (χ1v) is 10.7. The van der Waals surface area contributed by atoms with Crippen LogP contribution in [0.2, 0.25) is 10.0 Å². The van der Waals surface area contributed by atoms with Crippen molar-refractivity contribution in [3.63, 3.8) is 0 Å². The number of rotatable bonds is 8. The summed E-state index contributed by atoms with van der Waals surface area (Å²) in [4.78, 5) is 16.6. The Labute approximate surface area is 182 Å². The summed E-state index contributed by atoms with van der Waals surface area (Å²) < 4.78 is 10.2. The Morgan fingerprint density at radius 2 is 2.00 bits per heavy atom. The molecule has 0 amide bonds. The summed E-state index contributed by atoms with van der Waals surface area (Å²) in [5, 5.41) is 11.0. The molecule has 6 nitrogen and oxygen atoms in total. The maximum absolute atomic E-state index is 11.7. The zero-order valence-electron chi connectivity index (χ0n) is 16.7. The Bertz CT molecular complexity index is 758. The van der Waals surface area contributed by atoms with Crippen LogP contribution in [0, 0.1) is 11.3 Å². The van der Waals surface area contributed by atoms with E-state index in [4.69, 9.17) is 32.7 Å². The van der Waals surface area contributed by atoms with E-state index in [1.165, 1.54) is 7.11 Å². The lowest BCUT2D eigenvalue weighted by Crippen LogP contribution is -2.61. The van der Waals surface area contributed by atoms with Crippen LogP contribution in [0.15, 0.2) is 18.2 Å². The zero-order chi connectivity index (χ0) is 20.9. The Kier molecular flexibility index (Phi) is 7.78. The molecule has 2 saturated heterocycles. The number of esters is 1. The highest BCUT2D eigenvalue weighted by Gasteiger charge is 2.37. The highest BCUT2D eigenvalue weighted by atomic mass is 35.5. The minimum Gasteiger partial charge on any atom is -0.469 e. The van der Waals surface area contributed by atoms with Gasteiger partial charge in [0.05, 0.1) is 41.9 Å². The summed E-state index contributed by atoms with van der Waals surface area (Å²) >= 11 is 12.3. The molecule has 2 heterocycles. The van der Waals surface area contributed by atoms with Gasteiger partial charge in [0.15, 0.2) is 0 Å². The van der Waals surface area contributed by atoms with E-state index in [-0.39, 0.29) is 12.4 Å². The van der Waals surface area contributed by atoms with E-state index in [0.29, 0.717) is 28.9 Å². The Hall–Kier alpha value is -1.36. The Balaban J connectivity index is 1.65. The molecule has 2 aliphatic rings. The summed E-state index contributed by atoms with van der Waals surface area (Å²) in [7, 11) is 1.36. The van der Waals surface area contributed by atoms with Gasteiger partial charge in [-0.3, -0.25) is 9.69 Å². The van der Waals surface area contributed by atoms with Crippen LogP contribution in [0.5, 0.6) is 0 Å². The molecule has 1 aromatic rings. The van der Waals surface area contributed by atoms with Crippen LogP contribution in [0.3, 0.4) is 0 Å². The highest BCUT2D eigenvalue weighted by molar-refractivity contribution is 6.42. The fourth-order valence-corrected chi connectivity index (χ4v) is 4.35. The normalized spacial score (nSPS) is 20.5. The molecule has 1 atom stereocenters. The van der Waals surface area contributed by atoms with E-state index in [9.17, 15) is 10.1 Å². The quantitative estimate of drug-likeness (QED) is 0.579. The van der Waals surface area contributed by atoms with Crippen LogP contribution in [0.4, 0.5) is 0 Å². The fourth-order valence-electron chi connectivity index (χ4n) is 4.05. The maximum Gasteiger partial charge on any atom is 0.305 e. The first kappa shape index (κ1) is 22.3. The molecular weight excluding hydrogens is 413 g/mol. The van der Waals surface area contributed by atoms with Crippen molar-refractivity contribution in [1.82, 2.24) is 9.80 Å². The van der Waals surface area contributed by atoms with Crippen molar-refractivity contribution in [3.8, 4) is 6.07 Å². The molecule has 0 bridgehead atoms. The van der Waals surface area contributed by atoms with Crippen molar-refractivity contribution >= 4 is 29.2 Å². The fraction of sp³-hybridized carbons (Fsp3) is 0.619. The van der Waals surface area contributed by atoms with Gasteiger partial charge in [0.25, 0.3) is 0 Å². The number of hydrogen-bond donors (Lipinski definition) is 0. The number of likely N-dealkylation sites (tertiary alicyclic amines) is 1. The van der Waals surface area contributed by atoms with Gasteiger partial charge in [-0.2, -0.15) is 5.26 Å². The first-order valence-electron chi connectivity index (χ1n) is 9.95. The van der Waals surface area contributed by atoms with Crippen molar-refractivity contribution in [2.45, 2.75) is 30.7 Å². The minimum absolute atomic E-state index is 0.181. The van der Waals surface area contributed by atoms with Crippen LogP contribution in [-0.2, 0) is 19.7 Å². The van der Waals surface area contributed by atoms with E-state index >= 15 is 0 Å². The molecular formula is C21H27Cl2N3O3. The predicted molar refractivity (Wildman–Crippen MR) is 112 cm³/mol. The second-order valence-corrected chi connectivity index (χ2v) is 8.53. The van der Waals surface area contributed by atoms with Gasteiger partial charge in [0.1, 0.15) is 0 Å². The van der Waals surface area contributed by atoms with Crippen LogP contribution in [-0.4, -0.2) is 74.9 Å². The van der Waals surface area contributed by atoms with Crippen molar-refractivity contribution in [2.75, 3.05) is 53.0 Å². The SMILES string of the molecule is COC(=O)CCC(C#N)(CCN1CC(N2CCOCC2)C1)c1ccc(Cl)c(Cl)c1. The molecule has 158 valence electrons. The summed E-state index contributed by atoms with van der Waals surface area (Å²) in [5.41, 5.74) is -0.0181. The summed E-state index contributed by atoms with van der Waals surface area (Å²) in [5.74, 6) is -0.319. The van der Waals surface area contributed by atoms with Gasteiger partial charge in [-0.05, 0) is 30.5 Å². The lowest BCUT2D eigenvalue weighted by atomic mass is 9.75. The average Bonchev–Trinajstić information content (AvgIpc) is 2.72. The molecule has 0 spiro atoms. The molecule has 0 saturated carbocycles. The molecule has 2 fully saturated rings. The van der Waals surface area contributed by atoms with Gasteiger partial charge in [0, 0.05) is 45.2 Å². The van der Waals surface area contributed by atoms with Crippen LogP contribution in [0.25, 0.3) is 0 Å². The number of nitrogens with zero attached hydrogens (tertiary/aromatic N) is 3. The topological polar surface area (TPSA) is 65.8 Å². The monoisotopic (exact) mass is 439 g/mol. The molecule has 3 rings (SSSR count). The lowest BCUT2D eigenvalue weighted by Gasteiger charge is -2.47. The van der Waals surface area contributed by atoms with Crippen molar-refractivity contribution in [2.24, 2.45) is 0 Å². The third-order valence-corrected chi connectivity index (χ3v) is 6.76. The number of carbonyl (C=O) groups is 1. The van der Waals surface area contributed by atoms with Gasteiger partial charge in [0.2, 0.25) is 0 Å². The lowest BCUT2D eigenvalue weighted by molar-refractivity contribution is -0.141. The second-order valence-electron chi connectivity index (χ2n) is 7.71. The molecule has 0 radical (unpaired) electrons. The summed E-state index contributed by atoms with van der Waals surface area (Å²) in [6.07, 6.45) is 1.18. The second kappa shape index (κ2) is 10.1. The third kappa shape index (κ3) is 5.42. The summed E-state index contributed by atoms with van der Waals surface area (Å²) in [6.45, 7) is 6.37. The molecule has 1 aromatic carbocycles. The molecule has 29 heavy (non-hydrogen) atoms. The third-order valence-electron chi connectivity index (χ3n) is 6.02. The number of morpholine rings is 1. The zero-order valence-corrected chi connectivity index (χ0v) is 18.2. The van der Waals surface area contributed by atoms with Crippen molar-refractivity contribution in [1.29, 1.82) is 5.26 Å². The van der Waals surface area contributed by atoms with Crippen LogP contribution >= 0.6 is 23.2 Å². The van der Waals surface area contributed by atoms with Crippen molar-refractivity contribution < 1.29 is 14.3 Å². The van der Waals surface area contributed by atoms with Gasteiger partial charge >= 0.3 is 5.97 Å². The molecule has 0 N–H and O–H groups in total. The molecule has 8 heteroatoms. The first-order chi connectivity index (χ1) is 14.0. The molecule has 1 unspecified atom stereocenters. The van der Waals surface area contributed by atoms with Gasteiger partial charge in [-0.15, -0.1) is 0 Å². The number of halogens is 2. The van der Waals surface area contributed by atoms with Crippen LogP contribution < -0.4 is 0 Å². The standard InChI is InChI=1S/C21H27Cl2N3O3/c1-28-20(27)4-5-21(15-24,16-2-3-18(22)19(23)12-16)6-7-25-13-17(14-25)26-8-10-29-11-9-26/h2-3,12,17H,4-11,13-14H2,1H3. The van der Waals surface area contributed by atoms with Gasteiger partial charge in [-0.25, -0.2) is 0 Å². The number of ether oxygens (including phenoxy) is 2. The van der Waals surface area contributed by atoms with E-state index < -0.39 is 5.41 Å². The molecule has 0 aromatic heterocycles. The van der Waals surface area contributed by atoms with E-state index in [1.807, 2.05) is 6.07 Å². The van der Waals surface area contributed by atoms with Crippen molar-refractivity contribution in [3.05, 3.63) is 33.8 Å². The van der Waals surface area contributed by atoms with E-state index in [1.54, 1.807) is 12.1 Å². The minimum atomic E-state index is -0.813. The van der Waals surface area contributed by atoms with Gasteiger partial charge < -0.3 is 14.4 Å². The Morgan fingerprint density at radius 1 is 1.28 bits per heavy atom. The van der Waals surface area contributed by atoms with Crippen LogP contribution in [0.1, 0.15) is 24.8 Å². The number of methoxy groups -OCH3 is 1. The van der Waals surface area contributed by atoms with E-state index in [2.05, 4.69) is 15.9 Å². The number of benzene rings is 1. The largest absolute Gasteiger partial charge is 0.469 e. The number of carbonyl (C=O) groups excluding carboxylic acids is 1. The maximum atomic E-state index is 11.7. The number of nitriles is 1. The summed E-state index contributed by atoms with van der Waals surface area (Å²) in [6, 6.07) is 8.33. The molecule has 2 aliphatic heterocycles.